The number of imidazole rings is 1. The van der Waals surface area contributed by atoms with Crippen molar-refractivity contribution in [2.75, 3.05) is 5.32 Å². The number of aromatic amines is 1. The highest BCUT2D eigenvalue weighted by atomic mass is 15.0. The molecule has 18 heavy (non-hydrogen) atoms. The van der Waals surface area contributed by atoms with Gasteiger partial charge < -0.3 is 10.3 Å². The second kappa shape index (κ2) is 3.60. The molecule has 3 heteroatoms. The highest BCUT2D eigenvalue weighted by Crippen LogP contribution is 2.33. The van der Waals surface area contributed by atoms with E-state index in [1.807, 2.05) is 18.2 Å². The molecule has 0 saturated carbocycles. The van der Waals surface area contributed by atoms with E-state index in [9.17, 15) is 0 Å². The van der Waals surface area contributed by atoms with E-state index in [-0.39, 0.29) is 6.04 Å². The highest BCUT2D eigenvalue weighted by molar-refractivity contribution is 5.75. The monoisotopic (exact) mass is 235 g/mol. The van der Waals surface area contributed by atoms with Crippen LogP contribution in [0.4, 0.5) is 5.69 Å². The summed E-state index contributed by atoms with van der Waals surface area (Å²) in [6.45, 7) is 0. The van der Waals surface area contributed by atoms with Gasteiger partial charge in [0.1, 0.15) is 5.82 Å². The number of para-hydroxylation sites is 3. The Bertz CT molecular complexity index is 656. The third-order valence-corrected chi connectivity index (χ3v) is 3.51. The number of aromatic nitrogens is 2. The van der Waals surface area contributed by atoms with Crippen molar-refractivity contribution >= 4 is 16.7 Å². The van der Waals surface area contributed by atoms with Crippen molar-refractivity contribution in [2.24, 2.45) is 0 Å². The van der Waals surface area contributed by atoms with Crippen LogP contribution in [0.5, 0.6) is 0 Å². The van der Waals surface area contributed by atoms with Gasteiger partial charge in [-0.3, -0.25) is 0 Å². The van der Waals surface area contributed by atoms with E-state index in [0.717, 1.165) is 23.3 Å². The van der Waals surface area contributed by atoms with Crippen molar-refractivity contribution in [3.05, 3.63) is 59.9 Å². The predicted molar refractivity (Wildman–Crippen MR) is 72.6 cm³/mol. The van der Waals surface area contributed by atoms with Crippen LogP contribution in [0.1, 0.15) is 17.4 Å². The molecule has 2 N–H and O–H groups in total. The molecule has 2 aromatic carbocycles. The van der Waals surface area contributed by atoms with E-state index in [4.69, 9.17) is 0 Å². The zero-order valence-electron chi connectivity index (χ0n) is 9.85. The lowest BCUT2D eigenvalue weighted by atomic mass is 10.1. The maximum absolute atomic E-state index is 4.66. The molecule has 1 atom stereocenters. The maximum atomic E-state index is 4.66. The summed E-state index contributed by atoms with van der Waals surface area (Å²) in [5, 5.41) is 3.52. The van der Waals surface area contributed by atoms with Crippen LogP contribution < -0.4 is 5.32 Å². The van der Waals surface area contributed by atoms with Crippen molar-refractivity contribution in [3.8, 4) is 0 Å². The average Bonchev–Trinajstić information content (AvgIpc) is 3.02. The van der Waals surface area contributed by atoms with Crippen LogP contribution in [-0.4, -0.2) is 9.97 Å². The SMILES string of the molecule is c1ccc2c(c1)C[C@@H](c1nc3ccccc3[nH]1)N2. The van der Waals surface area contributed by atoms with E-state index in [1.165, 1.54) is 11.3 Å². The number of benzene rings is 2. The van der Waals surface area contributed by atoms with Gasteiger partial charge in [0, 0.05) is 12.1 Å². The Kier molecular flexibility index (Phi) is 1.94. The van der Waals surface area contributed by atoms with Crippen LogP contribution in [0.25, 0.3) is 11.0 Å². The fourth-order valence-corrected chi connectivity index (χ4v) is 2.60. The molecule has 0 bridgehead atoms. The molecule has 3 aromatic rings. The summed E-state index contributed by atoms with van der Waals surface area (Å²) in [5.41, 5.74) is 4.72. The summed E-state index contributed by atoms with van der Waals surface area (Å²) >= 11 is 0. The normalized spacial score (nSPS) is 17.7. The van der Waals surface area contributed by atoms with Crippen molar-refractivity contribution in [2.45, 2.75) is 12.5 Å². The first-order valence-corrected chi connectivity index (χ1v) is 6.19. The van der Waals surface area contributed by atoms with Crippen molar-refractivity contribution < 1.29 is 0 Å². The Balaban J connectivity index is 1.73. The first kappa shape index (κ1) is 9.71. The summed E-state index contributed by atoms with van der Waals surface area (Å²) < 4.78 is 0. The molecule has 2 heterocycles. The topological polar surface area (TPSA) is 40.7 Å². The van der Waals surface area contributed by atoms with Crippen LogP contribution in [0.2, 0.25) is 0 Å². The minimum absolute atomic E-state index is 0.259. The second-order valence-electron chi connectivity index (χ2n) is 4.70. The first-order valence-electron chi connectivity index (χ1n) is 6.19. The third kappa shape index (κ3) is 1.40. The van der Waals surface area contributed by atoms with Gasteiger partial charge in [0.25, 0.3) is 0 Å². The minimum atomic E-state index is 0.259. The second-order valence-corrected chi connectivity index (χ2v) is 4.70. The van der Waals surface area contributed by atoms with E-state index < -0.39 is 0 Å². The van der Waals surface area contributed by atoms with Crippen LogP contribution in [-0.2, 0) is 6.42 Å². The summed E-state index contributed by atoms with van der Waals surface area (Å²) in [5.74, 6) is 1.02. The van der Waals surface area contributed by atoms with E-state index in [2.05, 4.69) is 45.6 Å². The van der Waals surface area contributed by atoms with E-state index in [0.29, 0.717) is 0 Å². The molecular formula is C15H13N3. The molecule has 0 radical (unpaired) electrons. The van der Waals surface area contributed by atoms with Gasteiger partial charge in [-0.15, -0.1) is 0 Å². The van der Waals surface area contributed by atoms with Crippen molar-refractivity contribution in [3.63, 3.8) is 0 Å². The fraction of sp³-hybridized carbons (Fsp3) is 0.133. The third-order valence-electron chi connectivity index (χ3n) is 3.51. The number of nitrogens with zero attached hydrogens (tertiary/aromatic N) is 1. The number of anilines is 1. The number of H-pyrrole nitrogens is 1. The number of nitrogens with one attached hydrogen (secondary N) is 2. The number of hydrogen-bond acceptors (Lipinski definition) is 2. The number of hydrogen-bond donors (Lipinski definition) is 2. The quantitative estimate of drug-likeness (QED) is 0.679. The van der Waals surface area contributed by atoms with Gasteiger partial charge in [-0.2, -0.15) is 0 Å². The predicted octanol–water partition coefficient (Wildman–Crippen LogP) is 3.27. The Morgan fingerprint density at radius 1 is 1.00 bits per heavy atom. The molecular weight excluding hydrogens is 222 g/mol. The van der Waals surface area contributed by atoms with Gasteiger partial charge in [0.15, 0.2) is 0 Å². The van der Waals surface area contributed by atoms with Gasteiger partial charge in [0.05, 0.1) is 17.1 Å². The Hall–Kier alpha value is -2.29. The van der Waals surface area contributed by atoms with Crippen LogP contribution in [0, 0.1) is 0 Å². The summed E-state index contributed by atoms with van der Waals surface area (Å²) in [4.78, 5) is 8.06. The smallest absolute Gasteiger partial charge is 0.130 e. The fourth-order valence-electron chi connectivity index (χ4n) is 2.60. The van der Waals surface area contributed by atoms with Gasteiger partial charge >= 0.3 is 0 Å². The molecule has 0 amide bonds. The highest BCUT2D eigenvalue weighted by Gasteiger charge is 2.23. The number of rotatable bonds is 1. The van der Waals surface area contributed by atoms with Gasteiger partial charge in [-0.1, -0.05) is 30.3 Å². The molecule has 1 aromatic heterocycles. The molecule has 1 aliphatic heterocycles. The number of fused-ring (bicyclic) bond motifs is 2. The zero-order valence-corrected chi connectivity index (χ0v) is 9.85. The van der Waals surface area contributed by atoms with Crippen molar-refractivity contribution in [1.82, 2.24) is 9.97 Å². The minimum Gasteiger partial charge on any atom is -0.375 e. The molecule has 1 aliphatic rings. The average molecular weight is 235 g/mol. The molecule has 4 rings (SSSR count). The Morgan fingerprint density at radius 2 is 1.83 bits per heavy atom. The molecule has 3 nitrogen and oxygen atoms in total. The van der Waals surface area contributed by atoms with Gasteiger partial charge in [-0.25, -0.2) is 4.98 Å². The molecule has 0 spiro atoms. The van der Waals surface area contributed by atoms with Crippen LogP contribution in [0.3, 0.4) is 0 Å². The molecule has 0 saturated heterocycles. The summed E-state index contributed by atoms with van der Waals surface area (Å²) in [7, 11) is 0. The standard InChI is InChI=1S/C15H13N3/c1-2-6-11-10(5-1)9-14(16-11)15-17-12-7-3-4-8-13(12)18-15/h1-8,14,16H,9H2,(H,17,18)/t14-/m0/s1. The lowest BCUT2D eigenvalue weighted by Gasteiger charge is -2.06. The largest absolute Gasteiger partial charge is 0.375 e. The Morgan fingerprint density at radius 3 is 2.72 bits per heavy atom. The maximum Gasteiger partial charge on any atom is 0.130 e. The van der Waals surface area contributed by atoms with Crippen molar-refractivity contribution in [1.29, 1.82) is 0 Å². The molecule has 0 unspecified atom stereocenters. The first-order chi connectivity index (χ1) is 8.90. The lowest BCUT2D eigenvalue weighted by molar-refractivity contribution is 0.768. The van der Waals surface area contributed by atoms with Gasteiger partial charge in [-0.05, 0) is 23.8 Å². The molecule has 0 aliphatic carbocycles. The van der Waals surface area contributed by atoms with Crippen LogP contribution in [0.15, 0.2) is 48.5 Å². The summed E-state index contributed by atoms with van der Waals surface area (Å²) in [6, 6.07) is 16.8. The van der Waals surface area contributed by atoms with E-state index >= 15 is 0 Å². The zero-order chi connectivity index (χ0) is 11.9. The summed E-state index contributed by atoms with van der Waals surface area (Å²) in [6.07, 6.45) is 0.996. The van der Waals surface area contributed by atoms with Crippen LogP contribution >= 0.6 is 0 Å². The van der Waals surface area contributed by atoms with Gasteiger partial charge in [0.2, 0.25) is 0 Å². The van der Waals surface area contributed by atoms with E-state index in [1.54, 1.807) is 0 Å². The lowest BCUT2D eigenvalue weighted by Crippen LogP contribution is -2.07. The molecule has 0 fully saturated rings. The molecule has 88 valence electrons. The Labute approximate surface area is 105 Å².